The maximum absolute atomic E-state index is 10.1. The summed E-state index contributed by atoms with van der Waals surface area (Å²) in [5.74, 6) is 0.136. The standard InChI is InChI=1S/C21H26O7/c1-2-21(27-19(17(24)12-22)20(28-21)18(25)13-23)14-8-10-16(11-9-14)26-15-6-4-3-5-7-15/h3-11,17-20,22-25H,2,12-13H2,1H3/t17-,18-,19-,20-/m1/s1. The third-order valence-corrected chi connectivity index (χ3v) is 4.85. The van der Waals surface area contributed by atoms with Gasteiger partial charge in [0.05, 0.1) is 13.2 Å². The molecule has 1 aliphatic heterocycles. The summed E-state index contributed by atoms with van der Waals surface area (Å²) >= 11 is 0. The molecule has 2 aromatic carbocycles. The molecule has 0 spiro atoms. The largest absolute Gasteiger partial charge is 0.457 e. The number of hydrogen-bond donors (Lipinski definition) is 4. The van der Waals surface area contributed by atoms with Crippen LogP contribution in [0.2, 0.25) is 0 Å². The normalized spacial score (nSPS) is 23.3. The number of aliphatic hydroxyl groups excluding tert-OH is 4. The van der Waals surface area contributed by atoms with Gasteiger partial charge in [-0.3, -0.25) is 0 Å². The summed E-state index contributed by atoms with van der Waals surface area (Å²) in [6.07, 6.45) is -4.06. The van der Waals surface area contributed by atoms with Crippen LogP contribution in [-0.4, -0.2) is 58.1 Å². The van der Waals surface area contributed by atoms with Crippen LogP contribution in [0.25, 0.3) is 0 Å². The van der Waals surface area contributed by atoms with Gasteiger partial charge < -0.3 is 34.6 Å². The van der Waals surface area contributed by atoms with Crippen molar-refractivity contribution in [2.75, 3.05) is 13.2 Å². The van der Waals surface area contributed by atoms with Crippen molar-refractivity contribution in [3.63, 3.8) is 0 Å². The topological polar surface area (TPSA) is 109 Å². The van der Waals surface area contributed by atoms with Crippen molar-refractivity contribution in [1.29, 1.82) is 0 Å². The number of ether oxygens (including phenoxy) is 3. The van der Waals surface area contributed by atoms with Gasteiger partial charge in [-0.25, -0.2) is 0 Å². The number of para-hydroxylation sites is 1. The quantitative estimate of drug-likeness (QED) is 0.541. The first-order chi connectivity index (χ1) is 13.5. The highest BCUT2D eigenvalue weighted by atomic mass is 16.8. The van der Waals surface area contributed by atoms with E-state index < -0.39 is 43.4 Å². The highest BCUT2D eigenvalue weighted by molar-refractivity contribution is 5.34. The molecule has 1 heterocycles. The molecule has 1 fully saturated rings. The summed E-state index contributed by atoms with van der Waals surface area (Å²) in [7, 11) is 0. The molecule has 3 rings (SSSR count). The first-order valence-corrected chi connectivity index (χ1v) is 9.30. The summed E-state index contributed by atoms with van der Waals surface area (Å²) in [4.78, 5) is 0. The van der Waals surface area contributed by atoms with Crippen molar-refractivity contribution in [3.8, 4) is 11.5 Å². The van der Waals surface area contributed by atoms with E-state index in [-0.39, 0.29) is 0 Å². The minimum Gasteiger partial charge on any atom is -0.457 e. The molecular formula is C21H26O7. The summed E-state index contributed by atoms with van der Waals surface area (Å²) in [6.45, 7) is 0.753. The van der Waals surface area contributed by atoms with E-state index >= 15 is 0 Å². The Labute approximate surface area is 163 Å². The molecule has 2 aromatic rings. The van der Waals surface area contributed by atoms with Gasteiger partial charge >= 0.3 is 0 Å². The lowest BCUT2D eigenvalue weighted by atomic mass is 10.0. The van der Waals surface area contributed by atoms with E-state index in [1.54, 1.807) is 24.3 Å². The van der Waals surface area contributed by atoms with Crippen molar-refractivity contribution >= 4 is 0 Å². The van der Waals surface area contributed by atoms with E-state index in [0.29, 0.717) is 23.5 Å². The molecule has 0 saturated carbocycles. The van der Waals surface area contributed by atoms with Gasteiger partial charge in [0.15, 0.2) is 5.79 Å². The van der Waals surface area contributed by atoms with Gasteiger partial charge in [-0.2, -0.15) is 0 Å². The smallest absolute Gasteiger partial charge is 0.195 e. The van der Waals surface area contributed by atoms with Gasteiger partial charge in [0, 0.05) is 12.0 Å². The molecule has 1 aliphatic rings. The van der Waals surface area contributed by atoms with Crippen LogP contribution in [0, 0.1) is 0 Å². The number of hydrogen-bond acceptors (Lipinski definition) is 7. The molecule has 0 unspecified atom stereocenters. The van der Waals surface area contributed by atoms with Crippen molar-refractivity contribution in [2.24, 2.45) is 0 Å². The van der Waals surface area contributed by atoms with Crippen LogP contribution in [0.1, 0.15) is 18.9 Å². The van der Waals surface area contributed by atoms with E-state index in [1.165, 1.54) is 0 Å². The Morgan fingerprint density at radius 1 is 0.857 bits per heavy atom. The zero-order chi connectivity index (χ0) is 20.1. The molecule has 7 nitrogen and oxygen atoms in total. The van der Waals surface area contributed by atoms with Crippen LogP contribution in [0.5, 0.6) is 11.5 Å². The molecule has 4 atom stereocenters. The van der Waals surface area contributed by atoms with Crippen molar-refractivity contribution in [1.82, 2.24) is 0 Å². The zero-order valence-corrected chi connectivity index (χ0v) is 15.6. The molecule has 152 valence electrons. The van der Waals surface area contributed by atoms with Gasteiger partial charge in [0.2, 0.25) is 0 Å². The van der Waals surface area contributed by atoms with Gasteiger partial charge in [-0.15, -0.1) is 0 Å². The third kappa shape index (κ3) is 4.20. The third-order valence-electron chi connectivity index (χ3n) is 4.85. The predicted octanol–water partition coefficient (Wildman–Crippen LogP) is 1.53. The number of aliphatic hydroxyl groups is 4. The molecule has 1 saturated heterocycles. The van der Waals surface area contributed by atoms with Crippen molar-refractivity contribution in [2.45, 2.75) is 43.5 Å². The second-order valence-corrected chi connectivity index (χ2v) is 6.71. The summed E-state index contributed by atoms with van der Waals surface area (Å²) in [6, 6.07) is 16.5. The Bertz CT molecular complexity index is 716. The monoisotopic (exact) mass is 390 g/mol. The minimum atomic E-state index is -1.25. The Hall–Kier alpha value is -2.00. The van der Waals surface area contributed by atoms with Crippen LogP contribution < -0.4 is 4.74 Å². The van der Waals surface area contributed by atoms with Gasteiger partial charge in [0.25, 0.3) is 0 Å². The highest BCUT2D eigenvalue weighted by Gasteiger charge is 2.52. The van der Waals surface area contributed by atoms with Gasteiger partial charge in [-0.1, -0.05) is 25.1 Å². The van der Waals surface area contributed by atoms with Crippen LogP contribution in [0.3, 0.4) is 0 Å². The van der Waals surface area contributed by atoms with Crippen LogP contribution in [0.15, 0.2) is 54.6 Å². The van der Waals surface area contributed by atoms with Gasteiger partial charge in [-0.05, 0) is 36.4 Å². The first kappa shape index (κ1) is 20.7. The summed E-state index contributed by atoms with van der Waals surface area (Å²) in [5, 5.41) is 38.8. The SMILES string of the molecule is CCC1(c2ccc(Oc3ccccc3)cc2)O[C@H]([C@H](O)CO)[C@@H]([C@H](O)CO)O1. The lowest BCUT2D eigenvalue weighted by Crippen LogP contribution is -2.45. The second-order valence-electron chi connectivity index (χ2n) is 6.71. The molecule has 0 amide bonds. The fourth-order valence-corrected chi connectivity index (χ4v) is 3.31. The molecule has 7 heteroatoms. The van der Waals surface area contributed by atoms with Crippen molar-refractivity contribution < 1.29 is 34.6 Å². The summed E-state index contributed by atoms with van der Waals surface area (Å²) < 4.78 is 17.8. The Morgan fingerprint density at radius 3 is 1.82 bits per heavy atom. The minimum absolute atomic E-state index is 0.398. The molecule has 28 heavy (non-hydrogen) atoms. The van der Waals surface area contributed by atoms with E-state index in [1.807, 2.05) is 37.3 Å². The Balaban J connectivity index is 1.83. The number of rotatable bonds is 8. The molecule has 0 radical (unpaired) electrons. The predicted molar refractivity (Wildman–Crippen MR) is 101 cm³/mol. The molecular weight excluding hydrogens is 364 g/mol. The van der Waals surface area contributed by atoms with E-state index in [9.17, 15) is 20.4 Å². The average molecular weight is 390 g/mol. The fourth-order valence-electron chi connectivity index (χ4n) is 3.31. The highest BCUT2D eigenvalue weighted by Crippen LogP contribution is 2.43. The van der Waals surface area contributed by atoms with Gasteiger partial charge in [0.1, 0.15) is 35.9 Å². The number of benzene rings is 2. The van der Waals surface area contributed by atoms with E-state index in [2.05, 4.69) is 0 Å². The van der Waals surface area contributed by atoms with Crippen LogP contribution >= 0.6 is 0 Å². The summed E-state index contributed by atoms with van der Waals surface area (Å²) in [5.41, 5.74) is 0.679. The first-order valence-electron chi connectivity index (χ1n) is 9.30. The second kappa shape index (κ2) is 9.00. The fraction of sp³-hybridized carbons (Fsp3) is 0.429. The van der Waals surface area contributed by atoms with E-state index in [4.69, 9.17) is 14.2 Å². The van der Waals surface area contributed by atoms with Crippen LogP contribution in [-0.2, 0) is 15.3 Å². The zero-order valence-electron chi connectivity index (χ0n) is 15.6. The van der Waals surface area contributed by atoms with E-state index in [0.717, 1.165) is 0 Å². The Morgan fingerprint density at radius 2 is 1.36 bits per heavy atom. The lowest BCUT2D eigenvalue weighted by Gasteiger charge is -2.28. The molecule has 0 bridgehead atoms. The average Bonchev–Trinajstić information content (AvgIpc) is 3.15. The van der Waals surface area contributed by atoms with Crippen molar-refractivity contribution in [3.05, 3.63) is 60.2 Å². The molecule has 0 aromatic heterocycles. The maximum atomic E-state index is 10.1. The lowest BCUT2D eigenvalue weighted by molar-refractivity contribution is -0.200. The molecule has 0 aliphatic carbocycles. The molecule has 4 N–H and O–H groups in total. The maximum Gasteiger partial charge on any atom is 0.195 e. The Kier molecular flexibility index (Phi) is 6.66. The van der Waals surface area contributed by atoms with Crippen LogP contribution in [0.4, 0.5) is 0 Å².